The smallest absolute Gasteiger partial charge is 0.256 e. The molecular weight excluding hydrogens is 478 g/mol. The fourth-order valence-electron chi connectivity index (χ4n) is 5.41. The number of carbonyl (C=O) groups is 1. The maximum absolute atomic E-state index is 12.9. The number of rotatable bonds is 7. The van der Waals surface area contributed by atoms with Crippen molar-refractivity contribution in [2.45, 2.75) is 38.3 Å². The Morgan fingerprint density at radius 2 is 1.84 bits per heavy atom. The van der Waals surface area contributed by atoms with Crippen molar-refractivity contribution >= 4 is 28.4 Å². The second-order valence-corrected chi connectivity index (χ2v) is 10.6. The molecule has 1 amide bonds. The summed E-state index contributed by atoms with van der Waals surface area (Å²) in [5, 5.41) is 13.9. The first kappa shape index (κ1) is 24.6. The molecule has 0 unspecified atom stereocenters. The lowest BCUT2D eigenvalue weighted by molar-refractivity contribution is 0.0616. The number of aromatic nitrogens is 4. The summed E-state index contributed by atoms with van der Waals surface area (Å²) in [5.41, 5.74) is 5.57. The Morgan fingerprint density at radius 3 is 2.63 bits per heavy atom. The van der Waals surface area contributed by atoms with Gasteiger partial charge in [0.2, 0.25) is 0 Å². The highest BCUT2D eigenvalue weighted by Gasteiger charge is 2.18. The number of piperidine rings is 1. The topological polar surface area (TPSA) is 100 Å². The van der Waals surface area contributed by atoms with E-state index in [4.69, 9.17) is 4.74 Å². The third-order valence-corrected chi connectivity index (χ3v) is 7.78. The molecule has 2 fully saturated rings. The normalized spacial score (nSPS) is 17.6. The van der Waals surface area contributed by atoms with Crippen molar-refractivity contribution in [2.24, 2.45) is 5.92 Å². The van der Waals surface area contributed by atoms with Crippen LogP contribution in [0.4, 0.5) is 11.5 Å². The first-order valence-corrected chi connectivity index (χ1v) is 13.6. The maximum Gasteiger partial charge on any atom is 0.256 e. The van der Waals surface area contributed by atoms with Crippen LogP contribution >= 0.6 is 0 Å². The lowest BCUT2D eigenvalue weighted by Crippen LogP contribution is -2.36. The van der Waals surface area contributed by atoms with E-state index < -0.39 is 0 Å². The number of hydrogen-bond donors (Lipinski definition) is 3. The number of benzene rings is 2. The number of fused-ring (bicyclic) bond motifs is 1. The highest BCUT2D eigenvalue weighted by Crippen LogP contribution is 2.26. The molecule has 0 aliphatic carbocycles. The predicted octanol–water partition coefficient (Wildman–Crippen LogP) is 4.61. The van der Waals surface area contributed by atoms with Gasteiger partial charge in [-0.15, -0.1) is 0 Å². The molecule has 2 aliphatic rings. The minimum absolute atomic E-state index is 0.182. The van der Waals surface area contributed by atoms with Gasteiger partial charge >= 0.3 is 0 Å². The number of anilines is 2. The molecule has 0 atom stereocenters. The fourth-order valence-corrected chi connectivity index (χ4v) is 5.41. The van der Waals surface area contributed by atoms with Crippen LogP contribution in [0, 0.1) is 5.92 Å². The molecule has 38 heavy (non-hydrogen) atoms. The first-order valence-electron chi connectivity index (χ1n) is 13.6. The summed E-state index contributed by atoms with van der Waals surface area (Å²) >= 11 is 0. The van der Waals surface area contributed by atoms with E-state index in [1.54, 1.807) is 0 Å². The molecule has 0 radical (unpaired) electrons. The molecule has 9 nitrogen and oxygen atoms in total. The molecule has 9 heteroatoms. The second-order valence-electron chi connectivity index (χ2n) is 10.6. The number of nitrogens with zero attached hydrogens (tertiary/aromatic N) is 4. The van der Waals surface area contributed by atoms with Gasteiger partial charge in [0.25, 0.3) is 5.91 Å². The van der Waals surface area contributed by atoms with Crippen LogP contribution in [0.1, 0.15) is 36.0 Å². The van der Waals surface area contributed by atoms with Gasteiger partial charge in [0.1, 0.15) is 0 Å². The van der Waals surface area contributed by atoms with Crippen molar-refractivity contribution in [2.75, 3.05) is 44.0 Å². The van der Waals surface area contributed by atoms with E-state index in [2.05, 4.69) is 48.4 Å². The van der Waals surface area contributed by atoms with Gasteiger partial charge in [0.05, 0.1) is 23.1 Å². The van der Waals surface area contributed by atoms with Gasteiger partial charge in [-0.05, 0) is 88.1 Å². The summed E-state index contributed by atoms with van der Waals surface area (Å²) in [7, 11) is 2.16. The number of H-pyrrole nitrogens is 1. The molecule has 2 aromatic carbocycles. The number of ether oxygens (including phenoxy) is 1. The Balaban J connectivity index is 1.10. The summed E-state index contributed by atoms with van der Waals surface area (Å²) in [5.74, 6) is 0.922. The molecule has 2 aromatic heterocycles. The van der Waals surface area contributed by atoms with E-state index in [1.807, 2.05) is 48.8 Å². The third kappa shape index (κ3) is 5.58. The Bertz CT molecular complexity index is 1380. The van der Waals surface area contributed by atoms with Crippen LogP contribution in [-0.2, 0) is 11.3 Å². The van der Waals surface area contributed by atoms with Crippen LogP contribution in [0.15, 0.2) is 54.9 Å². The summed E-state index contributed by atoms with van der Waals surface area (Å²) in [6.07, 6.45) is 6.36. The zero-order valence-electron chi connectivity index (χ0n) is 21.8. The minimum Gasteiger partial charge on any atom is -0.382 e. The Kier molecular flexibility index (Phi) is 7.11. The zero-order chi connectivity index (χ0) is 25.9. The van der Waals surface area contributed by atoms with Crippen LogP contribution in [-0.4, -0.2) is 69.9 Å². The van der Waals surface area contributed by atoms with Crippen molar-refractivity contribution in [3.05, 3.63) is 60.4 Å². The van der Waals surface area contributed by atoms with Crippen LogP contribution in [0.2, 0.25) is 0 Å². The van der Waals surface area contributed by atoms with Crippen molar-refractivity contribution in [3.63, 3.8) is 0 Å². The average Bonchev–Trinajstić information content (AvgIpc) is 3.58. The lowest BCUT2D eigenvalue weighted by Gasteiger charge is -2.30. The first-order chi connectivity index (χ1) is 18.6. The summed E-state index contributed by atoms with van der Waals surface area (Å²) in [6, 6.07) is 16.2. The monoisotopic (exact) mass is 513 g/mol. The van der Waals surface area contributed by atoms with Gasteiger partial charge in [0.15, 0.2) is 5.82 Å². The quantitative estimate of drug-likeness (QED) is 0.334. The molecule has 4 aromatic rings. The van der Waals surface area contributed by atoms with Crippen LogP contribution in [0.5, 0.6) is 0 Å². The number of aromatic amines is 1. The van der Waals surface area contributed by atoms with Gasteiger partial charge in [0, 0.05) is 48.7 Å². The minimum atomic E-state index is -0.182. The Hall–Kier alpha value is -3.69. The third-order valence-electron chi connectivity index (χ3n) is 7.78. The molecule has 6 rings (SSSR count). The number of carbonyl (C=O) groups excluding carboxylic acids is 1. The summed E-state index contributed by atoms with van der Waals surface area (Å²) in [4.78, 5) is 19.8. The van der Waals surface area contributed by atoms with E-state index in [-0.39, 0.29) is 5.91 Å². The summed E-state index contributed by atoms with van der Waals surface area (Å²) < 4.78 is 7.74. The van der Waals surface area contributed by atoms with Gasteiger partial charge in [-0.25, -0.2) is 4.98 Å². The van der Waals surface area contributed by atoms with E-state index in [0.717, 1.165) is 86.5 Å². The maximum atomic E-state index is 12.9. The Labute approximate surface area is 222 Å². The van der Waals surface area contributed by atoms with Crippen LogP contribution in [0.3, 0.4) is 0 Å². The zero-order valence-corrected chi connectivity index (χ0v) is 21.8. The van der Waals surface area contributed by atoms with Gasteiger partial charge in [-0.1, -0.05) is 6.07 Å². The van der Waals surface area contributed by atoms with Crippen molar-refractivity contribution < 1.29 is 9.53 Å². The number of amides is 1. The van der Waals surface area contributed by atoms with Crippen molar-refractivity contribution in [1.29, 1.82) is 0 Å². The second kappa shape index (κ2) is 11.0. The van der Waals surface area contributed by atoms with Crippen molar-refractivity contribution in [1.82, 2.24) is 24.6 Å². The van der Waals surface area contributed by atoms with E-state index in [0.29, 0.717) is 23.3 Å². The Morgan fingerprint density at radius 1 is 1.05 bits per heavy atom. The molecule has 3 N–H and O–H groups in total. The molecular formula is C29H35N7O2. The number of hydrogen-bond acceptors (Lipinski definition) is 6. The largest absolute Gasteiger partial charge is 0.382 e. The van der Waals surface area contributed by atoms with E-state index >= 15 is 0 Å². The molecule has 0 spiro atoms. The average molecular weight is 514 g/mol. The highest BCUT2D eigenvalue weighted by molar-refractivity contribution is 6.04. The number of nitrogens with one attached hydrogen (secondary N) is 3. The number of imidazole rings is 1. The highest BCUT2D eigenvalue weighted by atomic mass is 16.5. The molecule has 4 heterocycles. The fraction of sp³-hybridized carbons (Fsp3) is 0.414. The van der Waals surface area contributed by atoms with Crippen molar-refractivity contribution in [3.8, 4) is 11.3 Å². The van der Waals surface area contributed by atoms with E-state index in [9.17, 15) is 4.79 Å². The molecule has 2 saturated heterocycles. The van der Waals surface area contributed by atoms with Crippen LogP contribution < -0.4 is 10.6 Å². The number of likely N-dealkylation sites (tertiary alicyclic amines) is 1. The van der Waals surface area contributed by atoms with Crippen LogP contribution in [0.25, 0.3) is 22.3 Å². The summed E-state index contributed by atoms with van der Waals surface area (Å²) in [6.45, 7) is 4.84. The molecule has 0 bridgehead atoms. The molecule has 0 saturated carbocycles. The van der Waals surface area contributed by atoms with Gasteiger partial charge in [-0.2, -0.15) is 5.10 Å². The lowest BCUT2D eigenvalue weighted by atomic mass is 10.0. The standard InChI is InChI=1S/C29H35N7O2/c1-35-12-8-24(9-13-35)31-23-5-2-21(3-6-23)29(37)32-28-17-26(33-34-28)22-4-7-25-27(16-22)36(19-30-25)18-20-10-14-38-15-11-20/h2-7,16-17,19-20,24,31H,8-15,18H2,1H3,(H2,32,33,34,37). The molecule has 198 valence electrons. The van der Waals surface area contributed by atoms with E-state index in [1.165, 1.54) is 0 Å². The SMILES string of the molecule is CN1CCC(Nc2ccc(C(=O)Nc3cc(-c4ccc5ncn(CC6CCOCC6)c5c4)[nH]n3)cc2)CC1. The molecule has 2 aliphatic heterocycles. The van der Waals surface area contributed by atoms with Gasteiger partial charge in [-0.3, -0.25) is 9.89 Å². The van der Waals surface area contributed by atoms with Gasteiger partial charge < -0.3 is 24.8 Å². The predicted molar refractivity (Wildman–Crippen MR) is 149 cm³/mol.